The van der Waals surface area contributed by atoms with Gasteiger partial charge in [-0.15, -0.1) is 0 Å². The van der Waals surface area contributed by atoms with E-state index in [2.05, 4.69) is 36.0 Å². The van der Waals surface area contributed by atoms with Crippen molar-refractivity contribution in [3.8, 4) is 11.1 Å². The smallest absolute Gasteiger partial charge is 0.245 e. The van der Waals surface area contributed by atoms with Gasteiger partial charge >= 0.3 is 0 Å². The van der Waals surface area contributed by atoms with Gasteiger partial charge in [-0.05, 0) is 90.4 Å². The fraction of sp³-hybridized carbons (Fsp3) is 0.459. The summed E-state index contributed by atoms with van der Waals surface area (Å²) in [6.07, 6.45) is 7.53. The lowest BCUT2D eigenvalue weighted by Gasteiger charge is -2.24. The monoisotopic (exact) mass is 730 g/mol. The lowest BCUT2D eigenvalue weighted by atomic mass is 9.92. The Bertz CT molecular complexity index is 1940. The number of amides is 1. The number of carbonyl (C=O) groups excluding carboxylic acids is 4. The Morgan fingerprint density at radius 2 is 1.73 bits per heavy atom. The molecule has 0 N–H and O–H groups in total. The zero-order valence-corrected chi connectivity index (χ0v) is 29.7. The van der Waals surface area contributed by atoms with Crippen molar-refractivity contribution in [2.45, 2.75) is 103 Å². The van der Waals surface area contributed by atoms with Crippen molar-refractivity contribution in [3.05, 3.63) is 69.6 Å². The van der Waals surface area contributed by atoms with E-state index in [4.69, 9.17) is 0 Å². The van der Waals surface area contributed by atoms with E-state index in [9.17, 15) is 19.2 Å². The van der Waals surface area contributed by atoms with Crippen LogP contribution in [0, 0.1) is 13.8 Å². The summed E-state index contributed by atoms with van der Waals surface area (Å²) in [5, 5.41) is 5.27. The Morgan fingerprint density at radius 1 is 1.00 bits per heavy atom. The highest BCUT2D eigenvalue weighted by atomic mass is 79.9. The molecule has 0 radical (unpaired) electrons. The van der Waals surface area contributed by atoms with E-state index < -0.39 is 17.6 Å². The van der Waals surface area contributed by atoms with Crippen LogP contribution in [-0.2, 0) is 33.8 Å². The maximum atomic E-state index is 16.6. The molecule has 0 unspecified atom stereocenters. The van der Waals surface area contributed by atoms with Crippen LogP contribution in [0.4, 0.5) is 4.39 Å². The van der Waals surface area contributed by atoms with Crippen molar-refractivity contribution < 1.29 is 23.6 Å². The van der Waals surface area contributed by atoms with Gasteiger partial charge in [-0.2, -0.15) is 5.10 Å². The number of carbonyl (C=O) groups is 4. The molecule has 256 valence electrons. The average molecular weight is 732 g/mol. The molecule has 1 aromatic carbocycles. The van der Waals surface area contributed by atoms with Crippen LogP contribution < -0.4 is 0 Å². The number of halogens is 2. The number of pyridine rings is 1. The third kappa shape index (κ3) is 7.69. The summed E-state index contributed by atoms with van der Waals surface area (Å²) in [5.74, 6) is -0.409. The van der Waals surface area contributed by atoms with Crippen LogP contribution in [0.3, 0.4) is 0 Å². The van der Waals surface area contributed by atoms with Gasteiger partial charge in [0.25, 0.3) is 0 Å². The second-order valence-corrected chi connectivity index (χ2v) is 14.3. The molecule has 12 heteroatoms. The number of hydrogen-bond acceptors (Lipinski definition) is 8. The first kappa shape index (κ1) is 34.7. The zero-order chi connectivity index (χ0) is 34.9. The highest BCUT2D eigenvalue weighted by molar-refractivity contribution is 9.10. The highest BCUT2D eigenvalue weighted by Gasteiger charge is 2.49. The molecule has 5 heterocycles. The van der Waals surface area contributed by atoms with Gasteiger partial charge in [0, 0.05) is 49.5 Å². The minimum Gasteiger partial charge on any atom is -0.328 e. The Hall–Kier alpha value is -4.19. The summed E-state index contributed by atoms with van der Waals surface area (Å²) in [6, 6.07) is 6.51. The molecule has 0 spiro atoms. The molecule has 1 saturated heterocycles. The Kier molecular flexibility index (Phi) is 10.1. The number of Topliss-reactive ketones (excluding diaryl/α,β-unsaturated/α-hetero) is 3. The standard InChI is InChI=1S/C37H40BrFN6O4/c1-22-10-11-33(38)42-30(22)16-32(48)31-17-37(39)13-12-28(47)9-7-5-4-6-8-25-14-26(27-18-40-24(3)41-19-27)15-29-35(23(2)46)43-45(36(25)29)20-34(49)44(31)21-37/h10-11,14-15,18-19,31H,4-9,12-13,16-17,20-21H2,1-3H3/t31-,37+/m0/s1. The molecule has 2 bridgehead atoms. The van der Waals surface area contributed by atoms with Crippen LogP contribution in [0.25, 0.3) is 22.0 Å². The number of alkyl halides is 1. The number of benzene rings is 1. The summed E-state index contributed by atoms with van der Waals surface area (Å²) in [5.41, 5.74) is 2.90. The molecule has 1 amide bonds. The predicted octanol–water partition coefficient (Wildman–Crippen LogP) is 6.45. The fourth-order valence-electron chi connectivity index (χ4n) is 7.05. The molecule has 3 aromatic heterocycles. The summed E-state index contributed by atoms with van der Waals surface area (Å²) in [6.45, 7) is 4.52. The number of rotatable bonds is 5. The minimum absolute atomic E-state index is 0.00502. The van der Waals surface area contributed by atoms with Gasteiger partial charge in [0.2, 0.25) is 5.91 Å². The maximum absolute atomic E-state index is 16.6. The van der Waals surface area contributed by atoms with Crippen LogP contribution in [-0.4, -0.2) is 71.1 Å². The van der Waals surface area contributed by atoms with Crippen molar-refractivity contribution in [3.63, 3.8) is 0 Å². The number of nitrogens with zero attached hydrogens (tertiary/aromatic N) is 6. The Balaban J connectivity index is 1.41. The molecule has 4 aromatic rings. The average Bonchev–Trinajstić information content (AvgIpc) is 3.62. The summed E-state index contributed by atoms with van der Waals surface area (Å²) < 4.78 is 18.7. The van der Waals surface area contributed by atoms with E-state index in [0.29, 0.717) is 46.3 Å². The van der Waals surface area contributed by atoms with E-state index in [1.54, 1.807) is 23.1 Å². The lowest BCUT2D eigenvalue weighted by Crippen LogP contribution is -2.43. The van der Waals surface area contributed by atoms with Crippen LogP contribution in [0.5, 0.6) is 0 Å². The molecule has 49 heavy (non-hydrogen) atoms. The molecule has 2 atom stereocenters. The van der Waals surface area contributed by atoms with Crippen LogP contribution >= 0.6 is 15.9 Å². The molecule has 1 fully saturated rings. The number of aromatic nitrogens is 5. The van der Waals surface area contributed by atoms with E-state index in [1.165, 1.54) is 11.8 Å². The number of fused-ring (bicyclic) bond motifs is 2. The van der Waals surface area contributed by atoms with Crippen molar-refractivity contribution in [2.24, 2.45) is 0 Å². The largest absolute Gasteiger partial charge is 0.328 e. The zero-order valence-electron chi connectivity index (χ0n) is 28.1. The lowest BCUT2D eigenvalue weighted by molar-refractivity contribution is -0.138. The minimum atomic E-state index is -1.90. The summed E-state index contributed by atoms with van der Waals surface area (Å²) >= 11 is 3.36. The Labute approximate surface area is 293 Å². The van der Waals surface area contributed by atoms with Crippen LogP contribution in [0.15, 0.2) is 41.3 Å². The molecule has 2 aliphatic rings. The van der Waals surface area contributed by atoms with Gasteiger partial charge in [-0.1, -0.05) is 18.9 Å². The van der Waals surface area contributed by atoms with E-state index in [1.807, 2.05) is 32.0 Å². The number of ketones is 3. The van der Waals surface area contributed by atoms with Crippen molar-refractivity contribution in [2.75, 3.05) is 6.54 Å². The second-order valence-electron chi connectivity index (χ2n) is 13.5. The molecule has 0 saturated carbocycles. The highest BCUT2D eigenvalue weighted by Crippen LogP contribution is 2.37. The van der Waals surface area contributed by atoms with Gasteiger partial charge in [-0.25, -0.2) is 19.3 Å². The summed E-state index contributed by atoms with van der Waals surface area (Å²) in [4.78, 5) is 68.3. The normalized spacial score (nSPS) is 20.8. The summed E-state index contributed by atoms with van der Waals surface area (Å²) in [7, 11) is 0. The number of hydrogen-bond donors (Lipinski definition) is 0. The first-order valence-electron chi connectivity index (χ1n) is 16.9. The van der Waals surface area contributed by atoms with E-state index >= 15 is 4.39 Å². The molecule has 6 rings (SSSR count). The van der Waals surface area contributed by atoms with Gasteiger partial charge in [0.1, 0.15) is 34.1 Å². The number of aryl methyl sites for hydroxylation is 3. The predicted molar refractivity (Wildman–Crippen MR) is 186 cm³/mol. The van der Waals surface area contributed by atoms with Crippen molar-refractivity contribution >= 4 is 50.1 Å². The Morgan fingerprint density at radius 3 is 2.47 bits per heavy atom. The molecule has 10 nitrogen and oxygen atoms in total. The quantitative estimate of drug-likeness (QED) is 0.169. The molecular formula is C37H40BrFN6O4. The van der Waals surface area contributed by atoms with Gasteiger partial charge in [0.15, 0.2) is 11.6 Å². The van der Waals surface area contributed by atoms with Crippen LogP contribution in [0.1, 0.15) is 91.4 Å². The van der Waals surface area contributed by atoms with Gasteiger partial charge < -0.3 is 4.90 Å². The van der Waals surface area contributed by atoms with Crippen molar-refractivity contribution in [1.82, 2.24) is 29.6 Å². The molecule has 0 aliphatic carbocycles. The third-order valence-electron chi connectivity index (χ3n) is 9.75. The molecular weight excluding hydrogens is 691 g/mol. The molecule has 2 aliphatic heterocycles. The van der Waals surface area contributed by atoms with E-state index in [-0.39, 0.29) is 61.8 Å². The SMILES string of the molecule is CC(=O)c1nn2c3c(cc(-c4cnc(C)nc4)cc13)CCCCCCC(=O)CC[C@@]1(F)C[C@@H](C(=O)Cc3nc(Br)ccc3C)N(C1)C(=O)C2. The van der Waals surface area contributed by atoms with E-state index in [0.717, 1.165) is 41.5 Å². The van der Waals surface area contributed by atoms with Gasteiger partial charge in [0.05, 0.1) is 30.2 Å². The van der Waals surface area contributed by atoms with Crippen molar-refractivity contribution in [1.29, 1.82) is 0 Å². The first-order chi connectivity index (χ1) is 23.4. The first-order valence-corrected chi connectivity index (χ1v) is 17.7. The topological polar surface area (TPSA) is 128 Å². The second kappa shape index (κ2) is 14.3. The fourth-order valence-corrected chi connectivity index (χ4v) is 7.40. The van der Waals surface area contributed by atoms with Crippen LogP contribution in [0.2, 0.25) is 0 Å². The van der Waals surface area contributed by atoms with Gasteiger partial charge in [-0.3, -0.25) is 23.9 Å². The third-order valence-corrected chi connectivity index (χ3v) is 10.2. The maximum Gasteiger partial charge on any atom is 0.245 e.